The minimum atomic E-state index is -0.630. The van der Waals surface area contributed by atoms with E-state index < -0.39 is 6.10 Å². The van der Waals surface area contributed by atoms with Crippen molar-refractivity contribution in [3.05, 3.63) is 23.8 Å². The van der Waals surface area contributed by atoms with Crippen molar-refractivity contribution in [3.8, 4) is 11.5 Å². The van der Waals surface area contributed by atoms with Gasteiger partial charge in [0, 0.05) is 5.56 Å². The highest BCUT2D eigenvalue weighted by Crippen LogP contribution is 2.29. The predicted octanol–water partition coefficient (Wildman–Crippen LogP) is 1.84. The fourth-order valence-corrected chi connectivity index (χ4v) is 1.15. The van der Waals surface area contributed by atoms with Gasteiger partial charge >= 0.3 is 0 Å². The second-order valence-corrected chi connectivity index (χ2v) is 2.85. The van der Waals surface area contributed by atoms with E-state index in [-0.39, 0.29) is 5.75 Å². The van der Waals surface area contributed by atoms with E-state index in [4.69, 9.17) is 4.74 Å². The summed E-state index contributed by atoms with van der Waals surface area (Å²) in [5.41, 5.74) is 0.516. The Kier molecular flexibility index (Phi) is 3.14. The van der Waals surface area contributed by atoms with E-state index in [1.54, 1.807) is 19.2 Å². The first-order valence-corrected chi connectivity index (χ1v) is 4.24. The highest BCUT2D eigenvalue weighted by Gasteiger charge is 2.10. The number of phenolic OH excluding ortho intramolecular Hbond substituents is 1. The van der Waals surface area contributed by atoms with Gasteiger partial charge in [-0.3, -0.25) is 0 Å². The summed E-state index contributed by atoms with van der Waals surface area (Å²) in [6.07, 6.45) is -0.0594. The first-order chi connectivity index (χ1) is 6.19. The minimum Gasteiger partial charge on any atom is -0.508 e. The Hall–Kier alpha value is -1.22. The number of ether oxygens (including phenoxy) is 1. The summed E-state index contributed by atoms with van der Waals surface area (Å²) in [5.74, 6) is 0.746. The molecule has 0 heterocycles. The van der Waals surface area contributed by atoms with Gasteiger partial charge in [-0.05, 0) is 24.6 Å². The van der Waals surface area contributed by atoms with Gasteiger partial charge in [-0.1, -0.05) is 6.92 Å². The Morgan fingerprint density at radius 2 is 2.15 bits per heavy atom. The Bertz CT molecular complexity index is 283. The summed E-state index contributed by atoms with van der Waals surface area (Å²) < 4.78 is 4.98. The van der Waals surface area contributed by atoms with Gasteiger partial charge in [0.2, 0.25) is 0 Å². The molecule has 2 N–H and O–H groups in total. The lowest BCUT2D eigenvalue weighted by Gasteiger charge is -2.11. The largest absolute Gasteiger partial charge is 0.508 e. The summed E-state index contributed by atoms with van der Waals surface area (Å²) >= 11 is 0. The molecule has 0 aliphatic heterocycles. The molecule has 0 spiro atoms. The molecule has 1 aromatic rings. The van der Waals surface area contributed by atoms with Crippen molar-refractivity contribution in [1.29, 1.82) is 0 Å². The van der Waals surface area contributed by atoms with Crippen LogP contribution >= 0.6 is 0 Å². The third-order valence-corrected chi connectivity index (χ3v) is 1.98. The van der Waals surface area contributed by atoms with Gasteiger partial charge in [0.1, 0.15) is 11.5 Å². The van der Waals surface area contributed by atoms with E-state index in [9.17, 15) is 10.2 Å². The molecule has 0 amide bonds. The molecule has 0 aliphatic rings. The molecule has 0 aliphatic carbocycles. The van der Waals surface area contributed by atoms with Crippen molar-refractivity contribution < 1.29 is 14.9 Å². The maximum Gasteiger partial charge on any atom is 0.121 e. The van der Waals surface area contributed by atoms with Gasteiger partial charge in [0.25, 0.3) is 0 Å². The number of phenols is 1. The monoisotopic (exact) mass is 182 g/mol. The van der Waals surface area contributed by atoms with Crippen LogP contribution in [0.1, 0.15) is 25.0 Å². The van der Waals surface area contributed by atoms with Crippen molar-refractivity contribution in [2.45, 2.75) is 19.4 Å². The molecular weight excluding hydrogens is 168 g/mol. The van der Waals surface area contributed by atoms with Crippen LogP contribution in [-0.4, -0.2) is 17.3 Å². The molecule has 0 radical (unpaired) electrons. The molecule has 1 unspecified atom stereocenters. The minimum absolute atomic E-state index is 0.107. The van der Waals surface area contributed by atoms with E-state index in [1.165, 1.54) is 6.07 Å². The molecule has 0 fully saturated rings. The highest BCUT2D eigenvalue weighted by molar-refractivity contribution is 5.40. The molecular formula is C10H14O3. The van der Waals surface area contributed by atoms with Gasteiger partial charge in [-0.25, -0.2) is 0 Å². The summed E-state index contributed by atoms with van der Waals surface area (Å²) in [4.78, 5) is 0. The predicted molar refractivity (Wildman–Crippen MR) is 49.9 cm³/mol. The molecule has 3 heteroatoms. The summed E-state index contributed by atoms with van der Waals surface area (Å²) in [7, 11) is 1.55. The normalized spacial score (nSPS) is 12.5. The van der Waals surface area contributed by atoms with Crippen LogP contribution in [0.5, 0.6) is 11.5 Å². The maximum atomic E-state index is 9.51. The van der Waals surface area contributed by atoms with Gasteiger partial charge in [-0.15, -0.1) is 0 Å². The van der Waals surface area contributed by atoms with Crippen molar-refractivity contribution in [2.24, 2.45) is 0 Å². The topological polar surface area (TPSA) is 49.7 Å². The van der Waals surface area contributed by atoms with Crippen molar-refractivity contribution >= 4 is 0 Å². The summed E-state index contributed by atoms with van der Waals surface area (Å²) in [6.45, 7) is 1.85. The Labute approximate surface area is 77.6 Å². The number of aromatic hydroxyl groups is 1. The zero-order valence-corrected chi connectivity index (χ0v) is 7.82. The van der Waals surface area contributed by atoms with Crippen molar-refractivity contribution in [3.63, 3.8) is 0 Å². The zero-order valence-electron chi connectivity index (χ0n) is 7.82. The van der Waals surface area contributed by atoms with Crippen LogP contribution in [0.2, 0.25) is 0 Å². The summed E-state index contributed by atoms with van der Waals surface area (Å²) in [5, 5.41) is 18.9. The third-order valence-electron chi connectivity index (χ3n) is 1.98. The number of aliphatic hydroxyl groups excluding tert-OH is 1. The number of benzene rings is 1. The first-order valence-electron chi connectivity index (χ1n) is 4.24. The molecule has 0 bridgehead atoms. The van der Waals surface area contributed by atoms with Crippen LogP contribution in [0.3, 0.4) is 0 Å². The molecule has 13 heavy (non-hydrogen) atoms. The van der Waals surface area contributed by atoms with Gasteiger partial charge in [0.05, 0.1) is 13.2 Å². The Morgan fingerprint density at radius 3 is 2.69 bits per heavy atom. The van der Waals surface area contributed by atoms with E-state index in [0.717, 1.165) is 0 Å². The second-order valence-electron chi connectivity index (χ2n) is 2.85. The van der Waals surface area contributed by atoms with E-state index in [2.05, 4.69) is 0 Å². The average molecular weight is 182 g/mol. The second kappa shape index (κ2) is 4.14. The van der Waals surface area contributed by atoms with Crippen LogP contribution in [0.15, 0.2) is 18.2 Å². The number of methoxy groups -OCH3 is 1. The van der Waals surface area contributed by atoms with Crippen molar-refractivity contribution in [1.82, 2.24) is 0 Å². The Balaban J connectivity index is 3.03. The van der Waals surface area contributed by atoms with Gasteiger partial charge in [-0.2, -0.15) is 0 Å². The SMILES string of the molecule is CCC(O)c1cc(OC)ccc1O. The smallest absolute Gasteiger partial charge is 0.121 e. The lowest BCUT2D eigenvalue weighted by molar-refractivity contribution is 0.169. The van der Waals surface area contributed by atoms with Crippen LogP contribution in [-0.2, 0) is 0 Å². The van der Waals surface area contributed by atoms with Crippen LogP contribution in [0.25, 0.3) is 0 Å². The lowest BCUT2D eigenvalue weighted by atomic mass is 10.1. The molecule has 0 aromatic heterocycles. The van der Waals surface area contributed by atoms with E-state index in [1.807, 2.05) is 6.92 Å². The molecule has 1 rings (SSSR count). The van der Waals surface area contributed by atoms with Crippen LogP contribution < -0.4 is 4.74 Å². The first kappa shape index (κ1) is 9.86. The quantitative estimate of drug-likeness (QED) is 0.750. The number of hydrogen-bond acceptors (Lipinski definition) is 3. The van der Waals surface area contributed by atoms with Gasteiger partial charge < -0.3 is 14.9 Å². The maximum absolute atomic E-state index is 9.51. The van der Waals surface area contributed by atoms with Gasteiger partial charge in [0.15, 0.2) is 0 Å². The number of aliphatic hydroxyl groups is 1. The van der Waals surface area contributed by atoms with Crippen LogP contribution in [0.4, 0.5) is 0 Å². The Morgan fingerprint density at radius 1 is 1.46 bits per heavy atom. The highest BCUT2D eigenvalue weighted by atomic mass is 16.5. The fourth-order valence-electron chi connectivity index (χ4n) is 1.15. The van der Waals surface area contributed by atoms with Crippen molar-refractivity contribution in [2.75, 3.05) is 7.11 Å². The fraction of sp³-hybridized carbons (Fsp3) is 0.400. The van der Waals surface area contributed by atoms with E-state index >= 15 is 0 Å². The lowest BCUT2D eigenvalue weighted by Crippen LogP contribution is -1.96. The molecule has 0 saturated carbocycles. The molecule has 3 nitrogen and oxygen atoms in total. The number of rotatable bonds is 3. The zero-order chi connectivity index (χ0) is 9.84. The molecule has 1 atom stereocenters. The standard InChI is InChI=1S/C10H14O3/c1-3-9(11)8-6-7(13-2)4-5-10(8)12/h4-6,9,11-12H,3H2,1-2H3. The molecule has 1 aromatic carbocycles. The molecule has 0 saturated heterocycles. The number of hydrogen-bond donors (Lipinski definition) is 2. The van der Waals surface area contributed by atoms with Crippen LogP contribution in [0, 0.1) is 0 Å². The summed E-state index contributed by atoms with van der Waals surface area (Å²) in [6, 6.07) is 4.82. The third kappa shape index (κ3) is 2.12. The average Bonchev–Trinajstić information content (AvgIpc) is 2.17. The van der Waals surface area contributed by atoms with E-state index in [0.29, 0.717) is 17.7 Å². The molecule has 72 valence electrons.